The molecule has 0 saturated carbocycles. The molecule has 3 rings (SSSR count). The molecule has 0 fully saturated rings. The third kappa shape index (κ3) is 1.90. The van der Waals surface area contributed by atoms with Crippen molar-refractivity contribution >= 4 is 22.9 Å². The Morgan fingerprint density at radius 2 is 2.00 bits per heavy atom. The molecular formula is C14H15N3OS. The molecule has 2 aromatic heterocycles. The molecule has 4 nitrogen and oxygen atoms in total. The van der Waals surface area contributed by atoms with E-state index < -0.39 is 0 Å². The minimum Gasteiger partial charge on any atom is -0.362 e. The van der Waals surface area contributed by atoms with Crippen LogP contribution in [0.3, 0.4) is 0 Å². The van der Waals surface area contributed by atoms with E-state index in [4.69, 9.17) is 0 Å². The Hall–Kier alpha value is -1.88. The van der Waals surface area contributed by atoms with Crippen molar-refractivity contribution in [1.29, 1.82) is 0 Å². The van der Waals surface area contributed by atoms with Crippen molar-refractivity contribution in [3.63, 3.8) is 0 Å². The molecule has 0 unspecified atom stereocenters. The number of carbonyl (C=O) groups excluding carboxylic acids is 1. The highest BCUT2D eigenvalue weighted by molar-refractivity contribution is 7.18. The molecule has 0 saturated heterocycles. The molecule has 98 valence electrons. The molecule has 0 spiro atoms. The second-order valence-electron chi connectivity index (χ2n) is 5.14. The van der Waals surface area contributed by atoms with Crippen LogP contribution < -0.4 is 5.32 Å². The molecule has 1 N–H and O–H groups in total. The first-order chi connectivity index (χ1) is 8.99. The molecule has 5 heteroatoms. The van der Waals surface area contributed by atoms with E-state index in [2.05, 4.69) is 10.3 Å². The summed E-state index contributed by atoms with van der Waals surface area (Å²) < 4.78 is 0. The summed E-state index contributed by atoms with van der Waals surface area (Å²) in [6.07, 6.45) is 3.53. The number of nitrogens with zero attached hydrogens (tertiary/aromatic N) is 2. The van der Waals surface area contributed by atoms with Gasteiger partial charge in [0, 0.05) is 24.3 Å². The zero-order chi connectivity index (χ0) is 13.6. The fourth-order valence-corrected chi connectivity index (χ4v) is 3.22. The van der Waals surface area contributed by atoms with Crippen LogP contribution in [0.15, 0.2) is 30.6 Å². The maximum absolute atomic E-state index is 12.4. The monoisotopic (exact) mass is 273 g/mol. The number of carbonyl (C=O) groups is 1. The van der Waals surface area contributed by atoms with Gasteiger partial charge in [-0.05, 0) is 37.6 Å². The molecule has 19 heavy (non-hydrogen) atoms. The van der Waals surface area contributed by atoms with Crippen LogP contribution in [0, 0.1) is 0 Å². The van der Waals surface area contributed by atoms with E-state index in [9.17, 15) is 4.79 Å². The van der Waals surface area contributed by atoms with Crippen molar-refractivity contribution in [2.45, 2.75) is 19.5 Å². The second-order valence-corrected chi connectivity index (χ2v) is 6.19. The molecule has 0 atom stereocenters. The third-order valence-corrected chi connectivity index (χ3v) is 4.65. The predicted octanol–water partition coefficient (Wildman–Crippen LogP) is 3.04. The Morgan fingerprint density at radius 1 is 1.32 bits per heavy atom. The quantitative estimate of drug-likeness (QED) is 0.868. The van der Waals surface area contributed by atoms with E-state index in [0.29, 0.717) is 0 Å². The fourth-order valence-electron chi connectivity index (χ4n) is 2.12. The zero-order valence-electron chi connectivity index (χ0n) is 11.1. The summed E-state index contributed by atoms with van der Waals surface area (Å²) in [5, 5.41) is 3.41. The Kier molecular flexibility index (Phi) is 2.60. The van der Waals surface area contributed by atoms with Gasteiger partial charge in [0.1, 0.15) is 10.5 Å². The number of fused-ring (bicyclic) bond motifs is 1. The van der Waals surface area contributed by atoms with E-state index >= 15 is 0 Å². The lowest BCUT2D eigenvalue weighted by Gasteiger charge is -2.40. The number of aromatic nitrogens is 1. The highest BCUT2D eigenvalue weighted by atomic mass is 32.1. The number of hydrogen-bond acceptors (Lipinski definition) is 4. The van der Waals surface area contributed by atoms with Gasteiger partial charge in [0.25, 0.3) is 5.91 Å². The lowest BCUT2D eigenvalue weighted by atomic mass is 10.1. The van der Waals surface area contributed by atoms with Crippen molar-refractivity contribution in [3.8, 4) is 10.4 Å². The van der Waals surface area contributed by atoms with Gasteiger partial charge in [-0.15, -0.1) is 11.3 Å². The number of pyridine rings is 1. The Labute approximate surface area is 116 Å². The third-order valence-electron chi connectivity index (χ3n) is 3.47. The molecule has 1 amide bonds. The van der Waals surface area contributed by atoms with Crippen molar-refractivity contribution in [2.24, 2.45) is 0 Å². The summed E-state index contributed by atoms with van der Waals surface area (Å²) in [4.78, 5) is 20.0. The van der Waals surface area contributed by atoms with E-state index in [1.54, 1.807) is 17.3 Å². The second kappa shape index (κ2) is 4.06. The number of thiophene rings is 1. The van der Waals surface area contributed by atoms with E-state index in [0.717, 1.165) is 21.0 Å². The maximum atomic E-state index is 12.4. The van der Waals surface area contributed by atoms with Gasteiger partial charge in [0.2, 0.25) is 0 Å². The van der Waals surface area contributed by atoms with Crippen LogP contribution in [0.1, 0.15) is 23.5 Å². The lowest BCUT2D eigenvalue weighted by Crippen LogP contribution is -2.53. The number of hydrogen-bond donors (Lipinski definition) is 1. The fraction of sp³-hybridized carbons (Fsp3) is 0.286. The van der Waals surface area contributed by atoms with Crippen molar-refractivity contribution in [2.75, 3.05) is 12.4 Å². The average Bonchev–Trinajstić information content (AvgIpc) is 2.80. The number of amides is 1. The van der Waals surface area contributed by atoms with Gasteiger partial charge in [0.15, 0.2) is 0 Å². The summed E-state index contributed by atoms with van der Waals surface area (Å²) in [7, 11) is 1.82. The van der Waals surface area contributed by atoms with Crippen molar-refractivity contribution in [1.82, 2.24) is 9.88 Å². The Balaban J connectivity index is 2.08. The number of nitrogens with one attached hydrogen (secondary N) is 1. The predicted molar refractivity (Wildman–Crippen MR) is 77.3 cm³/mol. The molecule has 1 aliphatic heterocycles. The summed E-state index contributed by atoms with van der Waals surface area (Å²) in [6, 6.07) is 5.95. The van der Waals surface area contributed by atoms with Crippen LogP contribution in [-0.4, -0.2) is 28.5 Å². The van der Waals surface area contributed by atoms with E-state index in [1.807, 2.05) is 39.1 Å². The SMILES string of the molecule is CN1C(=O)c2sc(-c3ccncc3)cc2NC1(C)C. The minimum atomic E-state index is -0.360. The standard InChI is InChI=1S/C14H15N3OS/c1-14(2)16-10-8-11(9-4-6-15-7-5-9)19-12(10)13(18)17(14)3/h4-8,16H,1-3H3. The smallest absolute Gasteiger partial charge is 0.267 e. The molecule has 0 aliphatic carbocycles. The van der Waals surface area contributed by atoms with Crippen LogP contribution in [0.4, 0.5) is 5.69 Å². The van der Waals surface area contributed by atoms with Crippen LogP contribution in [-0.2, 0) is 0 Å². The van der Waals surface area contributed by atoms with Gasteiger partial charge in [-0.2, -0.15) is 0 Å². The van der Waals surface area contributed by atoms with Gasteiger partial charge < -0.3 is 10.2 Å². The average molecular weight is 273 g/mol. The summed E-state index contributed by atoms with van der Waals surface area (Å²) in [5.74, 6) is 0.0732. The zero-order valence-corrected chi connectivity index (χ0v) is 11.9. The largest absolute Gasteiger partial charge is 0.362 e. The summed E-state index contributed by atoms with van der Waals surface area (Å²) in [5.41, 5.74) is 1.65. The molecule has 0 radical (unpaired) electrons. The maximum Gasteiger partial charge on any atom is 0.267 e. The first-order valence-electron chi connectivity index (χ1n) is 6.09. The van der Waals surface area contributed by atoms with Crippen LogP contribution >= 0.6 is 11.3 Å². The summed E-state index contributed by atoms with van der Waals surface area (Å²) >= 11 is 1.52. The van der Waals surface area contributed by atoms with E-state index in [-0.39, 0.29) is 11.6 Å². The first kappa shape index (κ1) is 12.2. The van der Waals surface area contributed by atoms with Gasteiger partial charge in [-0.25, -0.2) is 0 Å². The summed E-state index contributed by atoms with van der Waals surface area (Å²) in [6.45, 7) is 4.00. The highest BCUT2D eigenvalue weighted by Gasteiger charge is 2.36. The molecule has 3 heterocycles. The van der Waals surface area contributed by atoms with Crippen LogP contribution in [0.25, 0.3) is 10.4 Å². The van der Waals surface area contributed by atoms with Gasteiger partial charge >= 0.3 is 0 Å². The molecule has 2 aromatic rings. The lowest BCUT2D eigenvalue weighted by molar-refractivity contribution is 0.0655. The van der Waals surface area contributed by atoms with Gasteiger partial charge in [-0.3, -0.25) is 9.78 Å². The highest BCUT2D eigenvalue weighted by Crippen LogP contribution is 2.40. The minimum absolute atomic E-state index is 0.0732. The Bertz CT molecular complexity index is 633. The molecule has 1 aliphatic rings. The van der Waals surface area contributed by atoms with Crippen LogP contribution in [0.2, 0.25) is 0 Å². The number of rotatable bonds is 1. The van der Waals surface area contributed by atoms with E-state index in [1.165, 1.54) is 11.3 Å². The normalized spacial score (nSPS) is 17.0. The topological polar surface area (TPSA) is 45.2 Å². The number of anilines is 1. The Morgan fingerprint density at radius 3 is 2.68 bits per heavy atom. The molecule has 0 bridgehead atoms. The molecule has 0 aromatic carbocycles. The van der Waals surface area contributed by atoms with Crippen molar-refractivity contribution < 1.29 is 4.79 Å². The molecular weight excluding hydrogens is 258 g/mol. The first-order valence-corrected chi connectivity index (χ1v) is 6.91. The van der Waals surface area contributed by atoms with Gasteiger partial charge in [-0.1, -0.05) is 0 Å². The van der Waals surface area contributed by atoms with Crippen LogP contribution in [0.5, 0.6) is 0 Å². The van der Waals surface area contributed by atoms with Crippen molar-refractivity contribution in [3.05, 3.63) is 35.5 Å². The van der Waals surface area contributed by atoms with Gasteiger partial charge in [0.05, 0.1) is 5.69 Å².